The lowest BCUT2D eigenvalue weighted by atomic mass is 9.85. The number of aryl methyl sites for hydroxylation is 2. The van der Waals surface area contributed by atoms with E-state index in [1.165, 1.54) is 11.9 Å². The molecule has 9 heteroatoms. The summed E-state index contributed by atoms with van der Waals surface area (Å²) in [4.78, 5) is 45.0. The van der Waals surface area contributed by atoms with Crippen LogP contribution in [0.15, 0.2) is 36.7 Å². The summed E-state index contributed by atoms with van der Waals surface area (Å²) >= 11 is 0. The zero-order valence-electron chi connectivity index (χ0n) is 27.1. The Kier molecular flexibility index (Phi) is 9.24. The monoisotopic (exact) mass is 602 g/mol. The maximum Gasteiger partial charge on any atom is 0.320 e. The number of hydrogen-bond donors (Lipinski definition) is 0. The summed E-state index contributed by atoms with van der Waals surface area (Å²) in [6.45, 7) is 11.2. The Labute approximate surface area is 263 Å². The molecule has 238 valence electrons. The molecule has 1 aromatic carbocycles. The molecule has 44 heavy (non-hydrogen) atoms. The second-order valence-electron chi connectivity index (χ2n) is 13.8. The number of methoxy groups -OCH3 is 1. The van der Waals surface area contributed by atoms with Crippen LogP contribution in [0.3, 0.4) is 0 Å². The fraction of sp³-hybridized carbons (Fsp3) is 0.657. The number of hydrogen-bond acceptors (Lipinski definition) is 6. The van der Waals surface area contributed by atoms with E-state index in [-0.39, 0.29) is 29.6 Å². The van der Waals surface area contributed by atoms with Gasteiger partial charge in [0.1, 0.15) is 6.33 Å². The van der Waals surface area contributed by atoms with Crippen molar-refractivity contribution < 1.29 is 14.3 Å². The Morgan fingerprint density at radius 1 is 0.932 bits per heavy atom. The van der Waals surface area contributed by atoms with Crippen LogP contribution in [0.5, 0.6) is 0 Å². The number of nitrogens with zero attached hydrogens (tertiary/aromatic N) is 6. The molecular weight excluding hydrogens is 552 g/mol. The van der Waals surface area contributed by atoms with Crippen molar-refractivity contribution in [3.05, 3.63) is 59.2 Å². The van der Waals surface area contributed by atoms with E-state index in [1.54, 1.807) is 0 Å². The van der Waals surface area contributed by atoms with Crippen molar-refractivity contribution in [2.75, 3.05) is 46.4 Å². The van der Waals surface area contributed by atoms with E-state index in [4.69, 9.17) is 4.74 Å². The fourth-order valence-corrected chi connectivity index (χ4v) is 8.29. The number of piperidine rings is 2. The summed E-state index contributed by atoms with van der Waals surface area (Å²) in [5.41, 5.74) is 3.45. The molecule has 3 saturated heterocycles. The quantitative estimate of drug-likeness (QED) is 0.432. The standard InChI is InChI=1S/C35H50N6O3/c1-25-32(26(2)37-24-36-25)33(42)38-20-16-35(3,17-21-38)40-18-14-29(15-19-40)41-31(28-8-6-5-7-9-28)23-39(34(41)43)22-27-10-12-30(44-4)13-11-27/h5-9,24,27,29-31H,10-23H2,1-4H3/t27?,30?,31-/m0/s1. The number of ether oxygens (including phenoxy) is 1. The smallest absolute Gasteiger partial charge is 0.320 e. The SMILES string of the molecule is COC1CCC(CN2C[C@@H](c3ccccc3)N(C3CCN(C4(C)CCN(C(=O)c5c(C)ncnc5C)CC4)CC3)C2=O)CC1. The van der Waals surface area contributed by atoms with Crippen LogP contribution >= 0.6 is 0 Å². The second-order valence-corrected chi connectivity index (χ2v) is 13.8. The molecular formula is C35H50N6O3. The normalized spacial score (nSPS) is 26.8. The van der Waals surface area contributed by atoms with Gasteiger partial charge in [-0.1, -0.05) is 30.3 Å². The van der Waals surface area contributed by atoms with Crippen molar-refractivity contribution in [1.29, 1.82) is 0 Å². The highest BCUT2D eigenvalue weighted by Gasteiger charge is 2.45. The molecule has 0 spiro atoms. The zero-order valence-corrected chi connectivity index (χ0v) is 27.1. The molecule has 0 radical (unpaired) electrons. The van der Waals surface area contributed by atoms with Gasteiger partial charge in [0, 0.05) is 58.0 Å². The van der Waals surface area contributed by atoms with Crippen molar-refractivity contribution in [3.8, 4) is 0 Å². The maximum absolute atomic E-state index is 14.1. The van der Waals surface area contributed by atoms with Gasteiger partial charge in [0.2, 0.25) is 0 Å². The van der Waals surface area contributed by atoms with Gasteiger partial charge in [0.25, 0.3) is 5.91 Å². The van der Waals surface area contributed by atoms with Gasteiger partial charge in [0.15, 0.2) is 0 Å². The highest BCUT2D eigenvalue weighted by Crippen LogP contribution is 2.39. The number of carbonyl (C=O) groups is 2. The zero-order chi connectivity index (χ0) is 30.8. The molecule has 4 aliphatic rings. The molecule has 6 rings (SSSR count). The fourth-order valence-electron chi connectivity index (χ4n) is 8.29. The lowest BCUT2D eigenvalue weighted by Crippen LogP contribution is -2.58. The minimum Gasteiger partial charge on any atom is -0.381 e. The second kappa shape index (κ2) is 13.1. The van der Waals surface area contributed by atoms with Gasteiger partial charge in [-0.3, -0.25) is 9.69 Å². The number of amides is 3. The molecule has 4 heterocycles. The van der Waals surface area contributed by atoms with Crippen LogP contribution in [0.1, 0.15) is 91.6 Å². The Hall–Kier alpha value is -3.04. The van der Waals surface area contributed by atoms with E-state index in [9.17, 15) is 9.59 Å². The van der Waals surface area contributed by atoms with Crippen molar-refractivity contribution in [2.24, 2.45) is 5.92 Å². The van der Waals surface area contributed by atoms with E-state index < -0.39 is 0 Å². The van der Waals surface area contributed by atoms with Crippen LogP contribution in [-0.4, -0.2) is 106 Å². The summed E-state index contributed by atoms with van der Waals surface area (Å²) in [5, 5.41) is 0. The van der Waals surface area contributed by atoms with Gasteiger partial charge in [-0.15, -0.1) is 0 Å². The minimum atomic E-state index is 0.0529. The molecule has 0 unspecified atom stereocenters. The molecule has 2 aromatic rings. The average Bonchev–Trinajstić information content (AvgIpc) is 3.37. The van der Waals surface area contributed by atoms with Crippen LogP contribution in [0.25, 0.3) is 0 Å². The van der Waals surface area contributed by atoms with E-state index in [1.807, 2.05) is 25.9 Å². The van der Waals surface area contributed by atoms with Gasteiger partial charge in [-0.05, 0) is 83.6 Å². The van der Waals surface area contributed by atoms with Crippen molar-refractivity contribution in [1.82, 2.24) is 29.6 Å². The molecule has 1 aromatic heterocycles. The van der Waals surface area contributed by atoms with Crippen LogP contribution in [0.4, 0.5) is 4.79 Å². The first-order chi connectivity index (χ1) is 21.3. The third kappa shape index (κ3) is 6.23. The van der Waals surface area contributed by atoms with E-state index in [2.05, 4.69) is 61.9 Å². The third-order valence-electron chi connectivity index (χ3n) is 11.2. The number of urea groups is 1. The van der Waals surface area contributed by atoms with Crippen LogP contribution in [-0.2, 0) is 4.74 Å². The van der Waals surface area contributed by atoms with Crippen molar-refractivity contribution >= 4 is 11.9 Å². The number of likely N-dealkylation sites (tertiary alicyclic amines) is 2. The largest absolute Gasteiger partial charge is 0.381 e. The Bertz CT molecular complexity index is 1280. The van der Waals surface area contributed by atoms with Crippen LogP contribution in [0, 0.1) is 19.8 Å². The minimum absolute atomic E-state index is 0.0529. The first-order valence-corrected chi connectivity index (χ1v) is 16.7. The number of benzene rings is 1. The topological polar surface area (TPSA) is 82.1 Å². The van der Waals surface area contributed by atoms with Crippen LogP contribution < -0.4 is 0 Å². The van der Waals surface area contributed by atoms with Gasteiger partial charge in [-0.2, -0.15) is 0 Å². The number of rotatable bonds is 7. The number of aromatic nitrogens is 2. The predicted octanol–water partition coefficient (Wildman–Crippen LogP) is 5.24. The average molecular weight is 603 g/mol. The van der Waals surface area contributed by atoms with Gasteiger partial charge in [0.05, 0.1) is 29.1 Å². The molecule has 0 bridgehead atoms. The highest BCUT2D eigenvalue weighted by molar-refractivity contribution is 5.96. The Morgan fingerprint density at radius 2 is 1.57 bits per heavy atom. The number of carbonyl (C=O) groups excluding carboxylic acids is 2. The summed E-state index contributed by atoms with van der Waals surface area (Å²) in [7, 11) is 1.82. The maximum atomic E-state index is 14.1. The molecule has 4 fully saturated rings. The first kappa shape index (κ1) is 31.0. The van der Waals surface area contributed by atoms with Gasteiger partial charge < -0.3 is 19.4 Å². The highest BCUT2D eigenvalue weighted by atomic mass is 16.5. The van der Waals surface area contributed by atoms with E-state index in [0.717, 1.165) is 102 Å². The molecule has 1 aliphatic carbocycles. The van der Waals surface area contributed by atoms with Crippen molar-refractivity contribution in [2.45, 2.75) is 95.9 Å². The molecule has 3 aliphatic heterocycles. The van der Waals surface area contributed by atoms with E-state index in [0.29, 0.717) is 17.6 Å². The van der Waals surface area contributed by atoms with Crippen molar-refractivity contribution in [3.63, 3.8) is 0 Å². The summed E-state index contributed by atoms with van der Waals surface area (Å²) in [6.07, 6.45) is 10.2. The summed E-state index contributed by atoms with van der Waals surface area (Å²) in [6, 6.07) is 11.2. The van der Waals surface area contributed by atoms with Crippen LogP contribution in [0.2, 0.25) is 0 Å². The van der Waals surface area contributed by atoms with E-state index >= 15 is 0 Å². The summed E-state index contributed by atoms with van der Waals surface area (Å²) < 4.78 is 5.59. The van der Waals surface area contributed by atoms with Gasteiger partial charge in [-0.25, -0.2) is 14.8 Å². The lowest BCUT2D eigenvalue weighted by molar-refractivity contribution is 0.00487. The Balaban J connectivity index is 1.08. The Morgan fingerprint density at radius 3 is 2.18 bits per heavy atom. The third-order valence-corrected chi connectivity index (χ3v) is 11.2. The molecule has 0 N–H and O–H groups in total. The lowest BCUT2D eigenvalue weighted by Gasteiger charge is -2.50. The summed E-state index contributed by atoms with van der Waals surface area (Å²) in [5.74, 6) is 0.612. The molecule has 1 atom stereocenters. The predicted molar refractivity (Wildman–Crippen MR) is 170 cm³/mol. The first-order valence-electron chi connectivity index (χ1n) is 16.7. The molecule has 3 amide bonds. The van der Waals surface area contributed by atoms with Gasteiger partial charge >= 0.3 is 6.03 Å². The molecule has 9 nitrogen and oxygen atoms in total. The molecule has 1 saturated carbocycles.